The average Bonchev–Trinajstić information content (AvgIpc) is 3.16. The Hall–Kier alpha value is -2.76. The third-order valence-electron chi connectivity index (χ3n) is 5.16. The van der Waals surface area contributed by atoms with Crippen LogP contribution in [0.4, 0.5) is 8.78 Å². The van der Waals surface area contributed by atoms with Crippen molar-refractivity contribution < 1.29 is 26.4 Å². The smallest absolute Gasteiger partial charge is 0.434 e. The van der Waals surface area contributed by atoms with Gasteiger partial charge in [-0.15, -0.1) is 5.10 Å². The topological polar surface area (TPSA) is 114 Å². The molecular formula is C20H20ClF2N3O5S. The summed E-state index contributed by atoms with van der Waals surface area (Å²) in [6, 6.07) is 3.57. The van der Waals surface area contributed by atoms with Gasteiger partial charge >= 0.3 is 5.76 Å². The van der Waals surface area contributed by atoms with Crippen molar-refractivity contribution in [3.05, 3.63) is 74.1 Å². The Labute approximate surface area is 187 Å². The molecular weight excluding hydrogens is 468 g/mol. The number of aromatic amines is 1. The van der Waals surface area contributed by atoms with E-state index in [1.165, 1.54) is 32.2 Å². The number of ether oxygens (including phenoxy) is 1. The van der Waals surface area contributed by atoms with Gasteiger partial charge in [-0.25, -0.2) is 27.1 Å². The third kappa shape index (κ3) is 4.54. The number of halogens is 3. The van der Waals surface area contributed by atoms with Crippen molar-refractivity contribution in [2.45, 2.75) is 37.6 Å². The number of benzene rings is 2. The van der Waals surface area contributed by atoms with Gasteiger partial charge in [0.1, 0.15) is 16.7 Å². The molecule has 8 nitrogen and oxygen atoms in total. The molecule has 0 spiro atoms. The summed E-state index contributed by atoms with van der Waals surface area (Å²) < 4.78 is 67.8. The Morgan fingerprint density at radius 2 is 1.94 bits per heavy atom. The fraction of sp³-hybridized carbons (Fsp3) is 0.300. The van der Waals surface area contributed by atoms with Gasteiger partial charge in [0.2, 0.25) is 15.9 Å². The summed E-state index contributed by atoms with van der Waals surface area (Å²) in [4.78, 5) is 11.3. The van der Waals surface area contributed by atoms with Crippen LogP contribution in [0.5, 0.6) is 5.75 Å². The molecule has 3 rings (SSSR count). The number of hydrogen-bond donors (Lipinski definition) is 2. The number of aryl methyl sites for hydroxylation is 1. The molecule has 0 saturated carbocycles. The van der Waals surface area contributed by atoms with Crippen LogP contribution in [0.3, 0.4) is 0 Å². The SMILES string of the molecule is COc1cc(Cl)ccc1S(=O)(=O)NC(c1n[nH]c(=O)o1)C(C)c1c(C)c(C)cc(F)c1F. The molecule has 2 atom stereocenters. The summed E-state index contributed by atoms with van der Waals surface area (Å²) >= 11 is 5.91. The van der Waals surface area contributed by atoms with E-state index in [-0.39, 0.29) is 27.1 Å². The lowest BCUT2D eigenvalue weighted by molar-refractivity contribution is 0.371. The summed E-state index contributed by atoms with van der Waals surface area (Å²) in [5, 5.41) is 5.99. The van der Waals surface area contributed by atoms with Gasteiger partial charge in [-0.1, -0.05) is 18.5 Å². The van der Waals surface area contributed by atoms with Crippen LogP contribution < -0.4 is 15.2 Å². The molecule has 0 aliphatic heterocycles. The first-order chi connectivity index (χ1) is 15.0. The highest BCUT2D eigenvalue weighted by atomic mass is 35.5. The second kappa shape index (κ2) is 9.00. The normalized spacial score (nSPS) is 13.7. The van der Waals surface area contributed by atoms with Crippen molar-refractivity contribution in [1.29, 1.82) is 0 Å². The maximum Gasteiger partial charge on any atom is 0.434 e. The molecule has 0 aliphatic carbocycles. The molecule has 32 heavy (non-hydrogen) atoms. The average molecular weight is 488 g/mol. The summed E-state index contributed by atoms with van der Waals surface area (Å²) in [5.41, 5.74) is 0.807. The molecule has 0 saturated heterocycles. The van der Waals surface area contributed by atoms with E-state index < -0.39 is 39.4 Å². The standard InChI is InChI=1S/C20H20ClF2N3O5S/c1-9-7-13(22)17(23)16(10(9)2)11(3)18(19-24-25-20(27)31-19)26-32(28,29)15-6-5-12(21)8-14(15)30-4/h5-8,11,18,26H,1-4H3,(H,25,27). The van der Waals surface area contributed by atoms with E-state index in [4.69, 9.17) is 20.8 Å². The van der Waals surface area contributed by atoms with Crippen molar-refractivity contribution in [1.82, 2.24) is 14.9 Å². The maximum absolute atomic E-state index is 14.8. The van der Waals surface area contributed by atoms with Crippen LogP contribution >= 0.6 is 11.6 Å². The monoisotopic (exact) mass is 487 g/mol. The first-order valence-electron chi connectivity index (χ1n) is 9.32. The number of sulfonamides is 1. The third-order valence-corrected chi connectivity index (χ3v) is 6.87. The minimum absolute atomic E-state index is 0.0381. The number of nitrogens with one attached hydrogen (secondary N) is 2. The van der Waals surface area contributed by atoms with Crippen molar-refractivity contribution in [2.75, 3.05) is 7.11 Å². The summed E-state index contributed by atoms with van der Waals surface area (Å²) in [7, 11) is -3.05. The van der Waals surface area contributed by atoms with E-state index in [0.717, 1.165) is 6.07 Å². The van der Waals surface area contributed by atoms with E-state index >= 15 is 0 Å². The molecule has 2 N–H and O–H groups in total. The van der Waals surface area contributed by atoms with E-state index in [2.05, 4.69) is 9.82 Å². The molecule has 2 aromatic carbocycles. The summed E-state index contributed by atoms with van der Waals surface area (Å²) in [5.74, 6) is -4.56. The van der Waals surface area contributed by atoms with Crippen molar-refractivity contribution >= 4 is 21.6 Å². The highest BCUT2D eigenvalue weighted by Crippen LogP contribution is 2.37. The molecule has 0 amide bonds. The number of nitrogens with zero attached hydrogens (tertiary/aromatic N) is 1. The Bertz CT molecular complexity index is 1300. The first kappa shape index (κ1) is 23.9. The molecule has 3 aromatic rings. The predicted octanol–water partition coefficient (Wildman–Crippen LogP) is 3.74. The van der Waals surface area contributed by atoms with Gasteiger partial charge in [0.05, 0.1) is 7.11 Å². The van der Waals surface area contributed by atoms with Crippen LogP contribution in [0, 0.1) is 25.5 Å². The van der Waals surface area contributed by atoms with Gasteiger partial charge in [0.15, 0.2) is 11.6 Å². The largest absolute Gasteiger partial charge is 0.495 e. The summed E-state index contributed by atoms with van der Waals surface area (Å²) in [6.07, 6.45) is 0. The Morgan fingerprint density at radius 3 is 2.53 bits per heavy atom. The predicted molar refractivity (Wildman–Crippen MR) is 112 cm³/mol. The van der Waals surface area contributed by atoms with Crippen LogP contribution in [0.25, 0.3) is 0 Å². The minimum Gasteiger partial charge on any atom is -0.495 e. The minimum atomic E-state index is -4.32. The van der Waals surface area contributed by atoms with Crippen molar-refractivity contribution in [3.8, 4) is 5.75 Å². The zero-order valence-electron chi connectivity index (χ0n) is 17.5. The van der Waals surface area contributed by atoms with Crippen LogP contribution in [0.1, 0.15) is 41.5 Å². The number of methoxy groups -OCH3 is 1. The van der Waals surface area contributed by atoms with Crippen LogP contribution in [0.15, 0.2) is 38.4 Å². The van der Waals surface area contributed by atoms with Crippen molar-refractivity contribution in [2.24, 2.45) is 0 Å². The van der Waals surface area contributed by atoms with E-state index in [0.29, 0.717) is 11.1 Å². The number of hydrogen-bond acceptors (Lipinski definition) is 6. The van der Waals surface area contributed by atoms with Crippen LogP contribution in [-0.2, 0) is 10.0 Å². The second-order valence-corrected chi connectivity index (χ2v) is 9.28. The van der Waals surface area contributed by atoms with Crippen LogP contribution in [0.2, 0.25) is 5.02 Å². The van der Waals surface area contributed by atoms with Gasteiger partial charge < -0.3 is 9.15 Å². The molecule has 12 heteroatoms. The molecule has 0 fully saturated rings. The second-order valence-electron chi connectivity index (χ2n) is 7.16. The first-order valence-corrected chi connectivity index (χ1v) is 11.2. The molecule has 0 radical (unpaired) electrons. The molecule has 0 aliphatic rings. The highest BCUT2D eigenvalue weighted by Gasteiger charge is 2.35. The van der Waals surface area contributed by atoms with E-state index in [1.807, 2.05) is 5.10 Å². The molecule has 0 bridgehead atoms. The zero-order valence-corrected chi connectivity index (χ0v) is 19.1. The molecule has 1 aromatic heterocycles. The number of H-pyrrole nitrogens is 1. The van der Waals surface area contributed by atoms with Gasteiger partial charge in [-0.2, -0.15) is 4.72 Å². The van der Waals surface area contributed by atoms with E-state index in [9.17, 15) is 22.0 Å². The lowest BCUT2D eigenvalue weighted by atomic mass is 9.88. The zero-order chi connectivity index (χ0) is 23.8. The lowest BCUT2D eigenvalue weighted by Gasteiger charge is -2.25. The fourth-order valence-electron chi connectivity index (χ4n) is 3.41. The van der Waals surface area contributed by atoms with Gasteiger partial charge in [-0.05, 0) is 48.7 Å². The quantitative estimate of drug-likeness (QED) is 0.524. The van der Waals surface area contributed by atoms with Gasteiger partial charge in [0.25, 0.3) is 0 Å². The fourth-order valence-corrected chi connectivity index (χ4v) is 4.99. The highest BCUT2D eigenvalue weighted by molar-refractivity contribution is 7.89. The van der Waals surface area contributed by atoms with Gasteiger partial charge in [0, 0.05) is 17.0 Å². The molecule has 1 heterocycles. The van der Waals surface area contributed by atoms with Crippen molar-refractivity contribution in [3.63, 3.8) is 0 Å². The Morgan fingerprint density at radius 1 is 1.25 bits per heavy atom. The van der Waals surface area contributed by atoms with E-state index in [1.54, 1.807) is 13.8 Å². The number of aromatic nitrogens is 2. The number of rotatable bonds is 7. The van der Waals surface area contributed by atoms with Crippen LogP contribution in [-0.4, -0.2) is 25.7 Å². The van der Waals surface area contributed by atoms with Gasteiger partial charge in [-0.3, -0.25) is 0 Å². The molecule has 172 valence electrons. The maximum atomic E-state index is 14.8. The summed E-state index contributed by atoms with van der Waals surface area (Å²) in [6.45, 7) is 4.64. The molecule has 2 unspecified atom stereocenters. The Kier molecular flexibility index (Phi) is 6.72. The lowest BCUT2D eigenvalue weighted by Crippen LogP contribution is -2.33. The Balaban J connectivity index is 2.15.